The van der Waals surface area contributed by atoms with Gasteiger partial charge in [0.1, 0.15) is 18.3 Å². The van der Waals surface area contributed by atoms with Crippen LogP contribution in [-0.2, 0) is 4.74 Å². The zero-order valence-electron chi connectivity index (χ0n) is 6.50. The third-order valence-electron chi connectivity index (χ3n) is 1.94. The summed E-state index contributed by atoms with van der Waals surface area (Å²) < 4.78 is 4.83. The van der Waals surface area contributed by atoms with Gasteiger partial charge in [0.15, 0.2) is 6.29 Å². The van der Waals surface area contributed by atoms with E-state index in [1.807, 2.05) is 0 Å². The van der Waals surface area contributed by atoms with Gasteiger partial charge in [-0.15, -0.1) is 6.58 Å². The largest absolute Gasteiger partial charge is 0.388 e. The van der Waals surface area contributed by atoms with Crippen molar-refractivity contribution in [2.24, 2.45) is 5.73 Å². The highest BCUT2D eigenvalue weighted by molar-refractivity contribution is 4.97. The summed E-state index contributed by atoms with van der Waals surface area (Å²) in [6.45, 7) is 3.38. The Hall–Kier alpha value is -0.460. The van der Waals surface area contributed by atoms with Gasteiger partial charge in [-0.2, -0.15) is 0 Å². The summed E-state index contributed by atoms with van der Waals surface area (Å²) in [6.07, 6.45) is -3.03. The van der Waals surface area contributed by atoms with Crippen molar-refractivity contribution in [1.29, 1.82) is 0 Å². The number of nitrogens with two attached hydrogens (primary N) is 1. The number of aliphatic hydroxyl groups is 3. The van der Waals surface area contributed by atoms with Gasteiger partial charge in [0, 0.05) is 0 Å². The fourth-order valence-electron chi connectivity index (χ4n) is 1.12. The molecule has 0 radical (unpaired) electrons. The quantitative estimate of drug-likeness (QED) is 0.344. The lowest BCUT2D eigenvalue weighted by Gasteiger charge is -2.37. The first-order valence-electron chi connectivity index (χ1n) is 3.65. The predicted octanol–water partition coefficient (Wildman–Crippen LogP) is -2.06. The van der Waals surface area contributed by atoms with Crippen LogP contribution >= 0.6 is 0 Å². The molecule has 0 spiro atoms. The van der Waals surface area contributed by atoms with E-state index in [4.69, 9.17) is 15.6 Å². The van der Waals surface area contributed by atoms with E-state index in [9.17, 15) is 10.2 Å². The Labute approximate surface area is 70.1 Å². The van der Waals surface area contributed by atoms with Crippen LogP contribution in [0.4, 0.5) is 0 Å². The molecule has 1 heterocycles. The van der Waals surface area contributed by atoms with Gasteiger partial charge in [0.05, 0.1) is 6.04 Å². The molecule has 0 bridgehead atoms. The molecule has 1 aliphatic heterocycles. The smallest absolute Gasteiger partial charge is 0.173 e. The van der Waals surface area contributed by atoms with Crippen LogP contribution in [0.5, 0.6) is 0 Å². The molecule has 0 saturated carbocycles. The molecule has 0 amide bonds. The zero-order chi connectivity index (χ0) is 9.30. The molecule has 12 heavy (non-hydrogen) atoms. The number of rotatable bonds is 1. The summed E-state index contributed by atoms with van der Waals surface area (Å²) in [5.41, 5.74) is 5.31. The molecule has 1 rings (SSSR count). The number of aliphatic hydroxyl groups excluding tert-OH is 3. The summed E-state index contributed by atoms with van der Waals surface area (Å²) in [5.74, 6) is 0. The topological polar surface area (TPSA) is 95.9 Å². The summed E-state index contributed by atoms with van der Waals surface area (Å²) in [4.78, 5) is 0. The van der Waals surface area contributed by atoms with E-state index >= 15 is 0 Å². The van der Waals surface area contributed by atoms with Crippen LogP contribution in [0.15, 0.2) is 12.7 Å². The Morgan fingerprint density at radius 3 is 2.33 bits per heavy atom. The van der Waals surface area contributed by atoms with Crippen molar-refractivity contribution in [3.05, 3.63) is 12.7 Å². The average molecular weight is 175 g/mol. The van der Waals surface area contributed by atoms with Gasteiger partial charge in [-0.3, -0.25) is 0 Å². The molecule has 70 valence electrons. The van der Waals surface area contributed by atoms with Gasteiger partial charge in [-0.1, -0.05) is 6.08 Å². The lowest BCUT2D eigenvalue weighted by molar-refractivity contribution is -0.228. The summed E-state index contributed by atoms with van der Waals surface area (Å²) in [7, 11) is 0. The summed E-state index contributed by atoms with van der Waals surface area (Å²) >= 11 is 0. The summed E-state index contributed by atoms with van der Waals surface area (Å²) in [6, 6.07) is -0.976. The molecule has 5 nitrogen and oxygen atoms in total. The normalized spacial score (nSPS) is 48.8. The first-order chi connectivity index (χ1) is 5.57. The lowest BCUT2D eigenvalue weighted by Crippen LogP contribution is -2.60. The maximum Gasteiger partial charge on any atom is 0.173 e. The highest BCUT2D eigenvalue weighted by Crippen LogP contribution is 2.18. The van der Waals surface area contributed by atoms with Gasteiger partial charge in [0.25, 0.3) is 0 Å². The van der Waals surface area contributed by atoms with E-state index < -0.39 is 30.6 Å². The van der Waals surface area contributed by atoms with Crippen LogP contribution in [0.1, 0.15) is 0 Å². The Morgan fingerprint density at radius 1 is 1.25 bits per heavy atom. The highest BCUT2D eigenvalue weighted by Gasteiger charge is 2.40. The number of hydrogen-bond donors (Lipinski definition) is 4. The molecule has 5 heteroatoms. The van der Waals surface area contributed by atoms with Crippen molar-refractivity contribution in [1.82, 2.24) is 0 Å². The molecule has 1 aliphatic rings. The molecule has 5 N–H and O–H groups in total. The standard InChI is InChI=1S/C7H13NO4/c1-2-3-5(9)6(10)4(8)7(11)12-3/h2-7,9-11H,1,8H2/t3-,4+,5-,6-,7?/m1/s1. The maximum atomic E-state index is 9.29. The van der Waals surface area contributed by atoms with E-state index in [-0.39, 0.29) is 0 Å². The minimum absolute atomic E-state index is 0.769. The number of hydrogen-bond acceptors (Lipinski definition) is 5. The molecule has 0 aliphatic carbocycles. The van der Waals surface area contributed by atoms with Crippen LogP contribution in [-0.4, -0.2) is 46.0 Å². The molecule has 0 aromatic rings. The van der Waals surface area contributed by atoms with E-state index in [2.05, 4.69) is 6.58 Å². The third-order valence-corrected chi connectivity index (χ3v) is 1.94. The van der Waals surface area contributed by atoms with Crippen LogP contribution in [0.3, 0.4) is 0 Å². The van der Waals surface area contributed by atoms with Crippen molar-refractivity contribution in [2.75, 3.05) is 0 Å². The van der Waals surface area contributed by atoms with Gasteiger partial charge in [-0.25, -0.2) is 0 Å². The van der Waals surface area contributed by atoms with E-state index in [0.29, 0.717) is 0 Å². The maximum absolute atomic E-state index is 9.29. The second-order valence-corrected chi connectivity index (χ2v) is 2.79. The molecular weight excluding hydrogens is 162 g/mol. The number of ether oxygens (including phenoxy) is 1. The molecule has 1 unspecified atom stereocenters. The first-order valence-corrected chi connectivity index (χ1v) is 3.65. The van der Waals surface area contributed by atoms with Crippen LogP contribution in [0.25, 0.3) is 0 Å². The minimum Gasteiger partial charge on any atom is -0.388 e. The van der Waals surface area contributed by atoms with Gasteiger partial charge < -0.3 is 25.8 Å². The van der Waals surface area contributed by atoms with Gasteiger partial charge in [0.2, 0.25) is 0 Å². The molecule has 0 aromatic heterocycles. The Kier molecular flexibility index (Phi) is 2.81. The predicted molar refractivity (Wildman–Crippen MR) is 41.1 cm³/mol. The van der Waals surface area contributed by atoms with Crippen molar-refractivity contribution >= 4 is 0 Å². The van der Waals surface area contributed by atoms with E-state index in [1.165, 1.54) is 6.08 Å². The average Bonchev–Trinajstić information content (AvgIpc) is 2.08. The molecule has 0 aromatic carbocycles. The lowest BCUT2D eigenvalue weighted by atomic mass is 9.98. The SMILES string of the molecule is C=C[C@H]1OC(O)[C@@H](N)[C@@H](O)[C@@H]1O. The fraction of sp³-hybridized carbons (Fsp3) is 0.714. The third kappa shape index (κ3) is 1.50. The molecule has 1 saturated heterocycles. The van der Waals surface area contributed by atoms with Gasteiger partial charge >= 0.3 is 0 Å². The molecular formula is C7H13NO4. The van der Waals surface area contributed by atoms with Crippen molar-refractivity contribution in [3.63, 3.8) is 0 Å². The van der Waals surface area contributed by atoms with E-state index in [0.717, 1.165) is 0 Å². The highest BCUT2D eigenvalue weighted by atomic mass is 16.6. The van der Waals surface area contributed by atoms with Crippen molar-refractivity contribution in [3.8, 4) is 0 Å². The second-order valence-electron chi connectivity index (χ2n) is 2.79. The van der Waals surface area contributed by atoms with Crippen molar-refractivity contribution in [2.45, 2.75) is 30.6 Å². The van der Waals surface area contributed by atoms with Crippen molar-refractivity contribution < 1.29 is 20.1 Å². The van der Waals surface area contributed by atoms with Gasteiger partial charge in [-0.05, 0) is 0 Å². The van der Waals surface area contributed by atoms with Crippen LogP contribution < -0.4 is 5.73 Å². The molecule has 5 atom stereocenters. The Balaban J connectivity index is 2.70. The van der Waals surface area contributed by atoms with Crippen LogP contribution in [0, 0.1) is 0 Å². The second kappa shape index (κ2) is 3.51. The first kappa shape index (κ1) is 9.63. The van der Waals surface area contributed by atoms with E-state index in [1.54, 1.807) is 0 Å². The van der Waals surface area contributed by atoms with Crippen LogP contribution in [0.2, 0.25) is 0 Å². The Morgan fingerprint density at radius 2 is 1.83 bits per heavy atom. The fourth-order valence-corrected chi connectivity index (χ4v) is 1.12. The molecule has 1 fully saturated rings. The summed E-state index contributed by atoms with van der Waals surface area (Å²) in [5, 5.41) is 27.6. The zero-order valence-corrected chi connectivity index (χ0v) is 6.50. The minimum atomic E-state index is -1.26. The monoisotopic (exact) mass is 175 g/mol. The Bertz CT molecular complexity index is 175.